The van der Waals surface area contributed by atoms with E-state index >= 15 is 0 Å². The van der Waals surface area contributed by atoms with Gasteiger partial charge < -0.3 is 19.9 Å². The Morgan fingerprint density at radius 1 is 0.946 bits per heavy atom. The number of para-hydroxylation sites is 1. The standard InChI is InChI=1S/C20H16ClN5O7S2.2Na/c1-26(12-5-3-2-4-6-12)20-24-18(21)23-19(25-20)22-15-9-13(34(28,29)30)7-11-8-14(35(31,32)33)10-16(27)17(11)15;;/h2-10,27H,1H3,(H,28,29,30)(H,31,32,33)(H,22,23,24,25);;/q;2*+1/p-2. The summed E-state index contributed by atoms with van der Waals surface area (Å²) in [6, 6.07) is 12.2. The van der Waals surface area contributed by atoms with Crippen LogP contribution in [-0.4, -0.2) is 47.9 Å². The maximum absolute atomic E-state index is 12.7. The largest absolute Gasteiger partial charge is 1.00 e. The molecule has 12 nitrogen and oxygen atoms in total. The zero-order valence-electron chi connectivity index (χ0n) is 19.6. The van der Waals surface area contributed by atoms with Crippen molar-refractivity contribution in [3.05, 3.63) is 59.9 Å². The molecule has 0 saturated carbocycles. The molecule has 182 valence electrons. The summed E-state index contributed by atoms with van der Waals surface area (Å²) < 4.78 is 67.5. The molecule has 0 fully saturated rings. The molecule has 0 bridgehead atoms. The summed E-state index contributed by atoms with van der Waals surface area (Å²) in [6.45, 7) is 0. The van der Waals surface area contributed by atoms with Crippen LogP contribution in [0.15, 0.2) is 64.4 Å². The summed E-state index contributed by atoms with van der Waals surface area (Å²) in [6.07, 6.45) is 0. The van der Waals surface area contributed by atoms with Gasteiger partial charge in [0.2, 0.25) is 17.2 Å². The van der Waals surface area contributed by atoms with Crippen molar-refractivity contribution in [3.8, 4) is 5.75 Å². The van der Waals surface area contributed by atoms with Crippen LogP contribution in [0.1, 0.15) is 0 Å². The van der Waals surface area contributed by atoms with Gasteiger partial charge in [0.05, 0.1) is 9.79 Å². The van der Waals surface area contributed by atoms with E-state index in [-0.39, 0.29) is 92.8 Å². The smallest absolute Gasteiger partial charge is 0.872 e. The predicted molar refractivity (Wildman–Crippen MR) is 124 cm³/mol. The van der Waals surface area contributed by atoms with Gasteiger partial charge in [0, 0.05) is 18.4 Å². The van der Waals surface area contributed by atoms with Gasteiger partial charge in [-0.3, -0.25) is 4.55 Å². The Morgan fingerprint density at radius 2 is 1.57 bits per heavy atom. The van der Waals surface area contributed by atoms with E-state index in [1.54, 1.807) is 36.2 Å². The Hall–Kier alpha value is -1.56. The summed E-state index contributed by atoms with van der Waals surface area (Å²) in [5.74, 6) is -0.969. The fraction of sp³-hybridized carbons (Fsp3) is 0.0500. The molecular weight excluding hydrogens is 568 g/mol. The van der Waals surface area contributed by atoms with E-state index in [1.807, 2.05) is 6.07 Å². The molecule has 0 saturated heterocycles. The van der Waals surface area contributed by atoms with E-state index < -0.39 is 35.8 Å². The van der Waals surface area contributed by atoms with Gasteiger partial charge in [0.25, 0.3) is 10.1 Å². The molecule has 0 atom stereocenters. The van der Waals surface area contributed by atoms with Crippen molar-refractivity contribution in [1.29, 1.82) is 0 Å². The Kier molecular flexibility index (Phi) is 10.3. The number of aromatic nitrogens is 3. The number of fused-ring (bicyclic) bond motifs is 1. The van der Waals surface area contributed by atoms with E-state index in [0.29, 0.717) is 11.8 Å². The second kappa shape index (κ2) is 12.1. The van der Waals surface area contributed by atoms with Gasteiger partial charge in [-0.15, -0.1) is 0 Å². The molecule has 4 rings (SSSR count). The maximum Gasteiger partial charge on any atom is 1.00 e. The molecule has 1 aromatic heterocycles. The normalized spacial score (nSPS) is 11.4. The van der Waals surface area contributed by atoms with Gasteiger partial charge in [0.15, 0.2) is 0 Å². The van der Waals surface area contributed by atoms with Crippen LogP contribution >= 0.6 is 11.6 Å². The third-order valence-electron chi connectivity index (χ3n) is 4.83. The zero-order chi connectivity index (χ0) is 25.5. The van der Waals surface area contributed by atoms with Crippen molar-refractivity contribution in [1.82, 2.24) is 15.0 Å². The quantitative estimate of drug-likeness (QED) is 0.168. The minimum atomic E-state index is -5.03. The molecule has 0 amide bonds. The van der Waals surface area contributed by atoms with Crippen molar-refractivity contribution in [2.75, 3.05) is 17.3 Å². The van der Waals surface area contributed by atoms with Gasteiger partial charge in [0.1, 0.15) is 10.1 Å². The van der Waals surface area contributed by atoms with Crippen LogP contribution in [-0.2, 0) is 20.2 Å². The first-order valence-corrected chi connectivity index (χ1v) is 12.7. The molecule has 0 aliphatic heterocycles. The summed E-state index contributed by atoms with van der Waals surface area (Å²) >= 11 is 6.04. The van der Waals surface area contributed by atoms with Crippen molar-refractivity contribution in [2.24, 2.45) is 0 Å². The maximum atomic E-state index is 12.7. The van der Waals surface area contributed by atoms with Crippen LogP contribution in [0.2, 0.25) is 5.28 Å². The zero-order valence-corrected chi connectivity index (χ0v) is 26.0. The first kappa shape index (κ1) is 31.7. The number of halogens is 1. The number of hydrogen-bond acceptors (Lipinski definition) is 11. The number of benzene rings is 3. The fourth-order valence-electron chi connectivity index (χ4n) is 3.25. The molecule has 17 heteroatoms. The van der Waals surface area contributed by atoms with E-state index in [0.717, 1.165) is 18.2 Å². The van der Waals surface area contributed by atoms with Crippen molar-refractivity contribution < 1.29 is 90.2 Å². The molecule has 0 aliphatic rings. The van der Waals surface area contributed by atoms with Crippen molar-refractivity contribution in [3.63, 3.8) is 0 Å². The second-order valence-corrected chi connectivity index (χ2v) is 10.3. The van der Waals surface area contributed by atoms with Crippen molar-refractivity contribution in [2.45, 2.75) is 9.79 Å². The van der Waals surface area contributed by atoms with Gasteiger partial charge in [-0.2, -0.15) is 23.4 Å². The number of anilines is 4. The Morgan fingerprint density at radius 3 is 2.16 bits per heavy atom. The molecule has 1 heterocycles. The van der Waals surface area contributed by atoms with Crippen LogP contribution in [0.3, 0.4) is 0 Å². The first-order chi connectivity index (χ1) is 16.3. The monoisotopic (exact) mass is 581 g/mol. The summed E-state index contributed by atoms with van der Waals surface area (Å²) in [4.78, 5) is 12.3. The Bertz CT molecular complexity index is 1670. The minimum absolute atomic E-state index is 0. The summed E-state index contributed by atoms with van der Waals surface area (Å²) in [5.41, 5.74) is 0.504. The van der Waals surface area contributed by atoms with Crippen LogP contribution in [0.25, 0.3) is 10.8 Å². The number of nitrogens with one attached hydrogen (secondary N) is 1. The average molecular weight is 582 g/mol. The van der Waals surface area contributed by atoms with Crippen LogP contribution in [0.4, 0.5) is 23.3 Å². The van der Waals surface area contributed by atoms with Crippen LogP contribution in [0, 0.1) is 0 Å². The summed E-state index contributed by atoms with van der Waals surface area (Å²) in [5, 5.41) is 14.7. The van der Waals surface area contributed by atoms with E-state index in [9.17, 15) is 31.0 Å². The second-order valence-electron chi connectivity index (χ2n) is 7.17. The van der Waals surface area contributed by atoms with Crippen molar-refractivity contribution >= 4 is 65.9 Å². The molecule has 0 aliphatic carbocycles. The Labute approximate surface area is 261 Å². The molecular formula is C20H14ClN5Na2O7S2. The molecule has 3 aromatic carbocycles. The van der Waals surface area contributed by atoms with Crippen LogP contribution < -0.4 is 74.4 Å². The fourth-order valence-corrected chi connectivity index (χ4v) is 4.47. The first-order valence-electron chi connectivity index (χ1n) is 9.52. The van der Waals surface area contributed by atoms with E-state index in [4.69, 9.17) is 11.6 Å². The van der Waals surface area contributed by atoms with Gasteiger partial charge in [-0.05, 0) is 58.8 Å². The number of nitrogens with zero attached hydrogens (tertiary/aromatic N) is 4. The third-order valence-corrected chi connectivity index (χ3v) is 6.65. The van der Waals surface area contributed by atoms with Gasteiger partial charge in [-0.25, -0.2) is 8.42 Å². The minimum Gasteiger partial charge on any atom is -0.872 e. The van der Waals surface area contributed by atoms with E-state index in [1.165, 1.54) is 0 Å². The molecule has 0 radical (unpaired) electrons. The average Bonchev–Trinajstić information content (AvgIpc) is 2.77. The number of hydrogen-bond donors (Lipinski definition) is 2. The third kappa shape index (κ3) is 7.30. The Balaban J connectivity index is 0.00000241. The number of rotatable bonds is 6. The summed E-state index contributed by atoms with van der Waals surface area (Å²) in [7, 11) is -8.15. The SMILES string of the molecule is CN(c1ccccc1)c1nc(Cl)nc(Nc2cc(S(=O)(=O)[O-])cc3cc(S(=O)(=O)O)cc([O-])c23)n1.[Na+].[Na+]. The van der Waals surface area contributed by atoms with E-state index in [2.05, 4.69) is 20.3 Å². The van der Waals surface area contributed by atoms with Crippen LogP contribution in [0.5, 0.6) is 5.75 Å². The molecule has 37 heavy (non-hydrogen) atoms. The molecule has 0 unspecified atom stereocenters. The molecule has 4 aromatic rings. The molecule has 0 spiro atoms. The topological polar surface area (TPSA) is 189 Å². The van der Waals surface area contributed by atoms with Gasteiger partial charge >= 0.3 is 59.1 Å². The van der Waals surface area contributed by atoms with Gasteiger partial charge in [-0.1, -0.05) is 23.9 Å². The predicted octanol–water partition coefficient (Wildman–Crippen LogP) is -3.58. The molecule has 2 N–H and O–H groups in total.